The molecule has 0 N–H and O–H groups in total. The predicted molar refractivity (Wildman–Crippen MR) is 54.2 cm³/mol. The van der Waals surface area contributed by atoms with Gasteiger partial charge in [-0.05, 0) is 0 Å². The summed E-state index contributed by atoms with van der Waals surface area (Å²) in [5, 5.41) is 0. The van der Waals surface area contributed by atoms with Gasteiger partial charge in [-0.2, -0.15) is 0 Å². The van der Waals surface area contributed by atoms with Gasteiger partial charge in [0.15, 0.2) is 0 Å². The van der Waals surface area contributed by atoms with Crippen molar-refractivity contribution in [2.75, 3.05) is 47.8 Å². The third-order valence-corrected chi connectivity index (χ3v) is 2.68. The molecular weight excluding hydrogens is 214 g/mol. The number of methoxy groups -OCH3 is 2. The van der Waals surface area contributed by atoms with Crippen LogP contribution in [0.1, 0.15) is 0 Å². The maximum atomic E-state index is 5.29. The molecule has 0 rings (SSSR count). The van der Waals surface area contributed by atoms with Gasteiger partial charge in [-0.3, -0.25) is 0 Å². The molecule has 0 aromatic heterocycles. The van der Waals surface area contributed by atoms with E-state index in [0.717, 1.165) is 0 Å². The second-order valence-electron chi connectivity index (χ2n) is 2.25. The van der Waals surface area contributed by atoms with Crippen molar-refractivity contribution >= 4 is 44.7 Å². The van der Waals surface area contributed by atoms with Gasteiger partial charge in [-0.1, -0.05) is 0 Å². The predicted octanol–water partition coefficient (Wildman–Crippen LogP) is -0.437. The summed E-state index contributed by atoms with van der Waals surface area (Å²) in [6.45, 7) is 2.13. The molecule has 5 nitrogen and oxygen atoms in total. The molecule has 0 bridgehead atoms. The van der Waals surface area contributed by atoms with E-state index in [1.54, 1.807) is 21.3 Å². The molecule has 0 heterocycles. The van der Waals surface area contributed by atoms with E-state index in [1.807, 2.05) is 0 Å². The Hall–Kier alpha value is 1.33. The van der Waals surface area contributed by atoms with E-state index in [1.165, 1.54) is 0 Å². The average molecular weight is 231 g/mol. The van der Waals surface area contributed by atoms with Crippen LogP contribution >= 0.6 is 0 Å². The van der Waals surface area contributed by atoms with Gasteiger partial charge in [-0.25, -0.2) is 0 Å². The Bertz CT molecular complexity index is 98.1. The van der Waals surface area contributed by atoms with Crippen molar-refractivity contribution in [3.8, 4) is 0 Å². The van der Waals surface area contributed by atoms with Crippen molar-refractivity contribution in [3.63, 3.8) is 0 Å². The van der Waals surface area contributed by atoms with Crippen molar-refractivity contribution in [2.24, 2.45) is 0 Å². The van der Waals surface area contributed by atoms with Crippen LogP contribution in [0.5, 0.6) is 0 Å². The maximum absolute atomic E-state index is 5.29. The van der Waals surface area contributed by atoms with Crippen LogP contribution in [0.2, 0.25) is 0 Å². The van der Waals surface area contributed by atoms with Gasteiger partial charge in [0.05, 0.1) is 13.2 Å². The summed E-state index contributed by atoms with van der Waals surface area (Å²) >= 11 is -1.94. The first-order valence-corrected chi connectivity index (χ1v) is 5.50. The Labute approximate surface area is 113 Å². The van der Waals surface area contributed by atoms with Crippen molar-refractivity contribution in [1.82, 2.24) is 0 Å². The smallest absolute Gasteiger partial charge is 0.457 e. The molecule has 0 spiro atoms. The van der Waals surface area contributed by atoms with Crippen molar-refractivity contribution in [3.05, 3.63) is 0 Å². The molecule has 0 aromatic rings. The van der Waals surface area contributed by atoms with Gasteiger partial charge in [0.2, 0.25) is 0 Å². The Morgan fingerprint density at radius 2 is 1.21 bits per heavy atom. The fraction of sp³-hybridized carbons (Fsp3) is 1.00. The van der Waals surface area contributed by atoms with Crippen molar-refractivity contribution in [1.29, 1.82) is 0 Å². The fourth-order valence-electron chi connectivity index (χ4n) is 0.640. The van der Waals surface area contributed by atoms with Crippen LogP contribution < -0.4 is 0 Å². The normalized spacial score (nSPS) is 9.64. The molecule has 0 fully saturated rings. The standard InChI is InChI=1S/2C3H7O2.CH3O.Al.Na/c2*1-5-3-2-4;1-2;;/h2*2-3H2,1H3;1H3;;/q3*-1;+3;. The third-order valence-electron chi connectivity index (χ3n) is 1.28. The first-order chi connectivity index (χ1) is 6.35. The largest absolute Gasteiger partial charge is 0.905 e. The van der Waals surface area contributed by atoms with Crippen LogP contribution in [0.15, 0.2) is 0 Å². The Balaban J connectivity index is 0. The minimum absolute atomic E-state index is 0. The molecule has 0 aliphatic rings. The second-order valence-corrected chi connectivity index (χ2v) is 3.97. The summed E-state index contributed by atoms with van der Waals surface area (Å²) in [6.07, 6.45) is 0. The van der Waals surface area contributed by atoms with Crippen molar-refractivity contribution < 1.29 is 20.8 Å². The molecule has 0 aliphatic heterocycles. The zero-order valence-electron chi connectivity index (χ0n) is 9.45. The summed E-state index contributed by atoms with van der Waals surface area (Å²) in [4.78, 5) is 0. The van der Waals surface area contributed by atoms with Gasteiger partial charge in [-0.15, -0.1) is 0 Å². The van der Waals surface area contributed by atoms with E-state index in [-0.39, 0.29) is 29.6 Å². The fourth-order valence-corrected chi connectivity index (χ4v) is 1.59. The van der Waals surface area contributed by atoms with E-state index >= 15 is 0 Å². The zero-order chi connectivity index (χ0) is 9.94. The van der Waals surface area contributed by atoms with Gasteiger partial charge >= 0.3 is 15.1 Å². The molecule has 0 saturated heterocycles. The minimum atomic E-state index is -1.94. The molecule has 14 heavy (non-hydrogen) atoms. The van der Waals surface area contributed by atoms with Crippen LogP contribution in [0, 0.1) is 0 Å². The van der Waals surface area contributed by atoms with E-state index in [4.69, 9.17) is 20.8 Å². The van der Waals surface area contributed by atoms with E-state index in [2.05, 4.69) is 0 Å². The molecule has 7 heteroatoms. The summed E-state index contributed by atoms with van der Waals surface area (Å²) in [7, 11) is 4.83. The molecule has 0 unspecified atom stereocenters. The molecule has 1 radical (unpaired) electrons. The number of rotatable bonds is 9. The monoisotopic (exact) mass is 231 g/mol. The first kappa shape index (κ1) is 17.7. The third kappa shape index (κ3) is 11.4. The van der Waals surface area contributed by atoms with Crippen LogP contribution in [-0.4, -0.2) is 92.5 Å². The van der Waals surface area contributed by atoms with Crippen molar-refractivity contribution in [2.45, 2.75) is 0 Å². The topological polar surface area (TPSA) is 46.2 Å². The second kappa shape index (κ2) is 14.3. The molecule has 0 saturated carbocycles. The Morgan fingerprint density at radius 3 is 1.50 bits per heavy atom. The molecule has 0 amide bonds. The van der Waals surface area contributed by atoms with Crippen LogP contribution in [-0.2, 0) is 20.8 Å². The van der Waals surface area contributed by atoms with Gasteiger partial charge in [0.1, 0.15) is 0 Å². The van der Waals surface area contributed by atoms with Gasteiger partial charge in [0.25, 0.3) is 0 Å². The molecule has 79 valence electrons. The summed E-state index contributed by atoms with van der Waals surface area (Å²) in [5.41, 5.74) is 0. The number of ether oxygens (including phenoxy) is 2. The first-order valence-electron chi connectivity index (χ1n) is 4.09. The average Bonchev–Trinajstić information content (AvgIpc) is 2.16. The quantitative estimate of drug-likeness (QED) is 0.398. The molecular formula is C7H17AlNaO5. The summed E-state index contributed by atoms with van der Waals surface area (Å²) in [5.74, 6) is 0. The maximum Gasteiger partial charge on any atom is 0.905 e. The van der Waals surface area contributed by atoms with Crippen LogP contribution in [0.25, 0.3) is 0 Å². The molecule has 0 aromatic carbocycles. The van der Waals surface area contributed by atoms with E-state index < -0.39 is 15.1 Å². The molecule has 0 atom stereocenters. The van der Waals surface area contributed by atoms with E-state index in [0.29, 0.717) is 26.4 Å². The molecule has 0 aliphatic carbocycles. The SMILES string of the molecule is COCC[O][Al]([O]C)[O]CCOC.[Na]. The Morgan fingerprint density at radius 1 is 0.786 bits per heavy atom. The number of hydrogen-bond acceptors (Lipinski definition) is 5. The van der Waals surface area contributed by atoms with Crippen LogP contribution in [0.4, 0.5) is 0 Å². The summed E-state index contributed by atoms with van der Waals surface area (Å²) < 4.78 is 25.3. The van der Waals surface area contributed by atoms with Gasteiger partial charge < -0.3 is 20.8 Å². The van der Waals surface area contributed by atoms with Crippen LogP contribution in [0.3, 0.4) is 0 Å². The Kier molecular flexibility index (Phi) is 18.1. The van der Waals surface area contributed by atoms with E-state index in [9.17, 15) is 0 Å². The minimum Gasteiger partial charge on any atom is -0.457 e. The summed E-state index contributed by atoms with van der Waals surface area (Å²) in [6, 6.07) is 0. The van der Waals surface area contributed by atoms with Gasteiger partial charge in [0, 0.05) is 64.1 Å². The number of hydrogen-bond donors (Lipinski definition) is 0. The zero-order valence-corrected chi connectivity index (χ0v) is 12.6.